The highest BCUT2D eigenvalue weighted by atomic mass is 79.9. The van der Waals surface area contributed by atoms with Gasteiger partial charge in [0.2, 0.25) is 0 Å². The number of benzene rings is 1. The van der Waals surface area contributed by atoms with Crippen LogP contribution in [-0.4, -0.2) is 6.21 Å². The van der Waals surface area contributed by atoms with Gasteiger partial charge in [-0.15, -0.1) is 0 Å². The van der Waals surface area contributed by atoms with Crippen molar-refractivity contribution in [2.24, 2.45) is 10.4 Å². The van der Waals surface area contributed by atoms with Crippen LogP contribution >= 0.6 is 31.9 Å². The van der Waals surface area contributed by atoms with E-state index in [0.717, 1.165) is 15.4 Å². The summed E-state index contributed by atoms with van der Waals surface area (Å²) in [4.78, 5) is 4.71. The Bertz CT molecular complexity index is 528. The van der Waals surface area contributed by atoms with Crippen molar-refractivity contribution in [3.8, 4) is 0 Å². The van der Waals surface area contributed by atoms with Crippen molar-refractivity contribution in [2.45, 2.75) is 26.3 Å². The molecule has 0 radical (unpaired) electrons. The molecule has 19 heavy (non-hydrogen) atoms. The summed E-state index contributed by atoms with van der Waals surface area (Å²) in [6.07, 6.45) is 9.55. The number of rotatable bonds is 3. The topological polar surface area (TPSA) is 12.4 Å². The van der Waals surface area contributed by atoms with Crippen molar-refractivity contribution < 1.29 is 0 Å². The summed E-state index contributed by atoms with van der Waals surface area (Å²) in [5, 5.41) is 0. The van der Waals surface area contributed by atoms with Crippen molar-refractivity contribution in [3.63, 3.8) is 0 Å². The summed E-state index contributed by atoms with van der Waals surface area (Å²) in [5.74, 6) is 0. The lowest BCUT2D eigenvalue weighted by molar-refractivity contribution is 0.607. The monoisotopic (exact) mass is 381 g/mol. The predicted octanol–water partition coefficient (Wildman–Crippen LogP) is 5.83. The van der Waals surface area contributed by atoms with Crippen LogP contribution in [0.15, 0.2) is 56.4 Å². The van der Waals surface area contributed by atoms with Crippen molar-refractivity contribution in [1.29, 1.82) is 0 Å². The summed E-state index contributed by atoms with van der Waals surface area (Å²) in [7, 11) is 0. The number of allylic oxidation sites excluding steroid dienone is 4. The van der Waals surface area contributed by atoms with Crippen molar-refractivity contribution >= 4 is 38.1 Å². The second-order valence-electron chi connectivity index (χ2n) is 5.14. The first-order valence-electron chi connectivity index (χ1n) is 6.33. The molecule has 1 aromatic rings. The van der Waals surface area contributed by atoms with Crippen LogP contribution in [0.4, 0.5) is 0 Å². The molecule has 1 aliphatic carbocycles. The van der Waals surface area contributed by atoms with Crippen LogP contribution in [0.2, 0.25) is 0 Å². The van der Waals surface area contributed by atoms with E-state index in [0.29, 0.717) is 0 Å². The van der Waals surface area contributed by atoms with Crippen LogP contribution < -0.4 is 0 Å². The Labute approximate surface area is 131 Å². The van der Waals surface area contributed by atoms with Gasteiger partial charge < -0.3 is 0 Å². The molecule has 1 aliphatic rings. The third kappa shape index (κ3) is 4.15. The maximum Gasteiger partial charge on any atom is 0.0717 e. The average molecular weight is 383 g/mol. The van der Waals surface area contributed by atoms with Crippen LogP contribution in [0.5, 0.6) is 0 Å². The molecule has 2 rings (SSSR count). The summed E-state index contributed by atoms with van der Waals surface area (Å²) in [5.41, 5.74) is 1.26. The molecule has 2 atom stereocenters. The second kappa shape index (κ2) is 6.19. The van der Waals surface area contributed by atoms with E-state index in [1.54, 1.807) is 0 Å². The van der Waals surface area contributed by atoms with Gasteiger partial charge in [0.15, 0.2) is 0 Å². The molecule has 0 heterocycles. The van der Waals surface area contributed by atoms with Crippen LogP contribution in [-0.2, 0) is 0 Å². The van der Waals surface area contributed by atoms with Gasteiger partial charge in [-0.05, 0) is 31.0 Å². The number of hydrogen-bond acceptors (Lipinski definition) is 1. The summed E-state index contributed by atoms with van der Waals surface area (Å²) in [6.45, 7) is 4.33. The van der Waals surface area contributed by atoms with Gasteiger partial charge in [0, 0.05) is 20.6 Å². The fraction of sp³-hybridized carbons (Fsp3) is 0.312. The van der Waals surface area contributed by atoms with Crippen LogP contribution in [0.25, 0.3) is 0 Å². The molecule has 0 saturated carbocycles. The van der Waals surface area contributed by atoms with E-state index in [-0.39, 0.29) is 11.5 Å². The first-order valence-corrected chi connectivity index (χ1v) is 7.92. The highest BCUT2D eigenvalue weighted by Gasteiger charge is 2.20. The highest BCUT2D eigenvalue weighted by Crippen LogP contribution is 2.30. The number of halogens is 2. The molecule has 0 aliphatic heterocycles. The molecule has 0 bridgehead atoms. The molecule has 0 amide bonds. The Balaban J connectivity index is 2.06. The largest absolute Gasteiger partial charge is 0.289 e. The summed E-state index contributed by atoms with van der Waals surface area (Å²) < 4.78 is 2.25. The van der Waals surface area contributed by atoms with E-state index in [2.05, 4.69) is 94.4 Å². The molecule has 100 valence electrons. The van der Waals surface area contributed by atoms with E-state index >= 15 is 0 Å². The molecule has 3 heteroatoms. The van der Waals surface area contributed by atoms with E-state index < -0.39 is 0 Å². The normalized spacial score (nSPS) is 24.5. The molecule has 2 unspecified atom stereocenters. The van der Waals surface area contributed by atoms with Crippen LogP contribution in [0.3, 0.4) is 0 Å². The maximum absolute atomic E-state index is 4.71. The molecule has 1 aromatic carbocycles. The molecule has 0 saturated heterocycles. The molecule has 0 spiro atoms. The van der Waals surface area contributed by atoms with Gasteiger partial charge in [0.05, 0.1) is 6.04 Å². The van der Waals surface area contributed by atoms with Crippen LogP contribution in [0, 0.1) is 5.41 Å². The number of hydrogen-bond donors (Lipinski definition) is 0. The average Bonchev–Trinajstić information content (AvgIpc) is 2.41. The van der Waals surface area contributed by atoms with Gasteiger partial charge in [-0.3, -0.25) is 4.99 Å². The fourth-order valence-corrected chi connectivity index (χ4v) is 2.49. The zero-order valence-corrected chi connectivity index (χ0v) is 14.3. The molecule has 1 nitrogen and oxygen atoms in total. The van der Waals surface area contributed by atoms with E-state index in [1.165, 1.54) is 5.56 Å². The third-order valence-corrected chi connectivity index (χ3v) is 4.42. The van der Waals surface area contributed by atoms with Crippen molar-refractivity contribution in [1.82, 2.24) is 0 Å². The van der Waals surface area contributed by atoms with Gasteiger partial charge in [-0.2, -0.15) is 0 Å². The predicted molar refractivity (Wildman–Crippen MR) is 89.9 cm³/mol. The Morgan fingerprint density at radius 3 is 2.53 bits per heavy atom. The Kier molecular flexibility index (Phi) is 4.80. The quantitative estimate of drug-likeness (QED) is 0.583. The lowest BCUT2D eigenvalue weighted by Gasteiger charge is -2.23. The molecular weight excluding hydrogens is 366 g/mol. The summed E-state index contributed by atoms with van der Waals surface area (Å²) >= 11 is 6.94. The highest BCUT2D eigenvalue weighted by molar-refractivity contribution is 9.12. The Morgan fingerprint density at radius 1 is 1.26 bits per heavy atom. The minimum atomic E-state index is 0.0287. The van der Waals surface area contributed by atoms with Gasteiger partial charge in [0.1, 0.15) is 0 Å². The fourth-order valence-electron chi connectivity index (χ4n) is 1.93. The third-order valence-electron chi connectivity index (χ3n) is 3.31. The lowest BCUT2D eigenvalue weighted by Crippen LogP contribution is -2.16. The molecular formula is C16H17Br2N. The summed E-state index contributed by atoms with van der Waals surface area (Å²) in [6, 6.07) is 8.53. The Morgan fingerprint density at radius 2 is 1.95 bits per heavy atom. The first-order chi connectivity index (χ1) is 8.98. The minimum Gasteiger partial charge on any atom is -0.289 e. The van der Waals surface area contributed by atoms with Crippen molar-refractivity contribution in [2.75, 3.05) is 0 Å². The van der Waals surface area contributed by atoms with Gasteiger partial charge in [0.25, 0.3) is 0 Å². The van der Waals surface area contributed by atoms with E-state index in [9.17, 15) is 0 Å². The van der Waals surface area contributed by atoms with E-state index in [4.69, 9.17) is 4.99 Å². The minimum absolute atomic E-state index is 0.0287. The van der Waals surface area contributed by atoms with Gasteiger partial charge in [-0.25, -0.2) is 0 Å². The SMILES string of the molecule is CC(N=CC1(C)C=CC(Br)=CC1)c1ccc(Br)cc1. The van der Waals surface area contributed by atoms with Gasteiger partial charge >= 0.3 is 0 Å². The molecule has 0 aromatic heterocycles. The van der Waals surface area contributed by atoms with E-state index in [1.807, 2.05) is 0 Å². The smallest absolute Gasteiger partial charge is 0.0717 e. The molecule has 0 N–H and O–H groups in total. The zero-order valence-electron chi connectivity index (χ0n) is 11.1. The second-order valence-corrected chi connectivity index (χ2v) is 6.97. The first kappa shape index (κ1) is 14.7. The zero-order chi connectivity index (χ0) is 13.9. The van der Waals surface area contributed by atoms with Crippen molar-refractivity contribution in [3.05, 3.63) is 57.0 Å². The maximum atomic E-state index is 4.71. The number of nitrogens with zero attached hydrogens (tertiary/aromatic N) is 1. The van der Waals surface area contributed by atoms with Crippen LogP contribution in [0.1, 0.15) is 31.9 Å². The standard InChI is InChI=1S/C16H17Br2N/c1-12(13-3-5-14(17)6-4-13)19-11-16(2)9-7-15(18)8-10-16/h3-9,11-12H,10H2,1-2H3. The lowest BCUT2D eigenvalue weighted by atomic mass is 9.85. The Hall–Kier alpha value is -0.670. The molecule has 0 fully saturated rings. The number of aliphatic imine (C=N–C) groups is 1. The van der Waals surface area contributed by atoms with Gasteiger partial charge in [-0.1, -0.05) is 69.1 Å².